The van der Waals surface area contributed by atoms with Crippen molar-refractivity contribution in [1.82, 2.24) is 10.2 Å². The third-order valence-corrected chi connectivity index (χ3v) is 6.11. The van der Waals surface area contributed by atoms with Crippen molar-refractivity contribution in [3.8, 4) is 5.75 Å². The van der Waals surface area contributed by atoms with E-state index in [-0.39, 0.29) is 5.91 Å². The maximum atomic E-state index is 12.9. The Morgan fingerprint density at radius 3 is 2.90 bits per heavy atom. The van der Waals surface area contributed by atoms with Gasteiger partial charge < -0.3 is 15.0 Å². The van der Waals surface area contributed by atoms with Gasteiger partial charge in [-0.1, -0.05) is 41.9 Å². The van der Waals surface area contributed by atoms with Gasteiger partial charge >= 0.3 is 0 Å². The van der Waals surface area contributed by atoms with Crippen molar-refractivity contribution >= 4 is 23.2 Å². The Labute approximate surface area is 177 Å². The SMILES string of the molecule is CN1CCOc2c(C(=O)NC[C@@H]3CCCN3CCc3ccccc3)cc(Cl)cc21. The van der Waals surface area contributed by atoms with Gasteiger partial charge in [0.1, 0.15) is 6.61 Å². The number of carbonyl (C=O) groups excluding carboxylic acids is 1. The summed E-state index contributed by atoms with van der Waals surface area (Å²) in [5.74, 6) is 0.516. The first-order valence-electron chi connectivity index (χ1n) is 10.4. The summed E-state index contributed by atoms with van der Waals surface area (Å²) in [5, 5.41) is 3.68. The van der Waals surface area contributed by atoms with E-state index in [9.17, 15) is 4.79 Å². The van der Waals surface area contributed by atoms with Crippen molar-refractivity contribution in [3.05, 3.63) is 58.6 Å². The maximum Gasteiger partial charge on any atom is 0.255 e. The van der Waals surface area contributed by atoms with E-state index >= 15 is 0 Å². The molecule has 0 aromatic heterocycles. The van der Waals surface area contributed by atoms with Crippen LogP contribution in [0.15, 0.2) is 42.5 Å². The second kappa shape index (κ2) is 9.06. The number of amides is 1. The van der Waals surface area contributed by atoms with Crippen LogP contribution in [0.1, 0.15) is 28.8 Å². The van der Waals surface area contributed by atoms with Crippen LogP contribution in [0.5, 0.6) is 5.75 Å². The highest BCUT2D eigenvalue weighted by atomic mass is 35.5. The van der Waals surface area contributed by atoms with Crippen LogP contribution in [0.3, 0.4) is 0 Å². The van der Waals surface area contributed by atoms with Gasteiger partial charge in [-0.2, -0.15) is 0 Å². The standard InChI is InChI=1S/C23H28ClN3O2/c1-26-12-13-29-22-20(14-18(24)15-21(22)26)23(28)25-16-19-8-5-10-27(19)11-9-17-6-3-2-4-7-17/h2-4,6-7,14-15,19H,5,8-13,16H2,1H3,(H,25,28)/t19-/m0/s1. The molecule has 154 valence electrons. The molecular formula is C23H28ClN3O2. The molecule has 0 spiro atoms. The van der Waals surface area contributed by atoms with Crippen LogP contribution in [0.2, 0.25) is 5.02 Å². The van der Waals surface area contributed by atoms with Gasteiger partial charge in [-0.3, -0.25) is 9.69 Å². The molecule has 1 amide bonds. The molecule has 1 atom stereocenters. The molecule has 2 aliphatic heterocycles. The van der Waals surface area contributed by atoms with Gasteiger partial charge in [-0.15, -0.1) is 0 Å². The van der Waals surface area contributed by atoms with E-state index < -0.39 is 0 Å². The summed E-state index contributed by atoms with van der Waals surface area (Å²) in [4.78, 5) is 17.5. The Hall–Kier alpha value is -2.24. The lowest BCUT2D eigenvalue weighted by Gasteiger charge is -2.29. The zero-order chi connectivity index (χ0) is 20.2. The van der Waals surface area contributed by atoms with Crippen molar-refractivity contribution in [2.45, 2.75) is 25.3 Å². The van der Waals surface area contributed by atoms with Crippen molar-refractivity contribution in [2.75, 3.05) is 44.7 Å². The fourth-order valence-corrected chi connectivity index (χ4v) is 4.44. The van der Waals surface area contributed by atoms with E-state index in [1.807, 2.05) is 19.2 Å². The molecule has 4 rings (SSSR count). The van der Waals surface area contributed by atoms with Crippen molar-refractivity contribution in [3.63, 3.8) is 0 Å². The summed E-state index contributed by atoms with van der Waals surface area (Å²) in [7, 11) is 1.99. The third kappa shape index (κ3) is 4.68. The summed E-state index contributed by atoms with van der Waals surface area (Å²) in [6.45, 7) is 4.11. The monoisotopic (exact) mass is 413 g/mol. The van der Waals surface area contributed by atoms with E-state index in [0.29, 0.717) is 35.5 Å². The van der Waals surface area contributed by atoms with E-state index in [2.05, 4.69) is 39.4 Å². The first kappa shape index (κ1) is 20.0. The number of nitrogens with zero attached hydrogens (tertiary/aromatic N) is 2. The van der Waals surface area contributed by atoms with E-state index in [4.69, 9.17) is 16.3 Å². The van der Waals surface area contributed by atoms with Crippen LogP contribution < -0.4 is 15.0 Å². The lowest BCUT2D eigenvalue weighted by molar-refractivity contribution is 0.0936. The molecule has 29 heavy (non-hydrogen) atoms. The normalized spacial score (nSPS) is 19.0. The number of likely N-dealkylation sites (N-methyl/N-ethyl adjacent to an activating group) is 1. The highest BCUT2D eigenvalue weighted by Crippen LogP contribution is 2.37. The van der Waals surface area contributed by atoms with Gasteiger partial charge in [-0.05, 0) is 43.5 Å². The molecule has 1 N–H and O–H groups in total. The van der Waals surface area contributed by atoms with Crippen LogP contribution in [0, 0.1) is 0 Å². The molecule has 1 saturated heterocycles. The number of rotatable bonds is 6. The fourth-order valence-electron chi connectivity index (χ4n) is 4.23. The second-order valence-electron chi connectivity index (χ2n) is 7.85. The van der Waals surface area contributed by atoms with E-state index in [1.165, 1.54) is 12.0 Å². The number of carbonyl (C=O) groups is 1. The molecule has 2 aliphatic rings. The van der Waals surface area contributed by atoms with Gasteiger partial charge in [0.15, 0.2) is 5.75 Å². The predicted octanol–water partition coefficient (Wildman–Crippen LogP) is 3.61. The first-order valence-corrected chi connectivity index (χ1v) is 10.7. The molecule has 0 bridgehead atoms. The zero-order valence-corrected chi connectivity index (χ0v) is 17.6. The zero-order valence-electron chi connectivity index (χ0n) is 16.9. The molecule has 1 fully saturated rings. The Balaban J connectivity index is 1.38. The Morgan fingerprint density at radius 1 is 1.24 bits per heavy atom. The van der Waals surface area contributed by atoms with E-state index in [1.54, 1.807) is 6.07 Å². The number of halogens is 1. The summed E-state index contributed by atoms with van der Waals surface area (Å²) in [6.07, 6.45) is 3.32. The number of likely N-dealkylation sites (tertiary alicyclic amines) is 1. The van der Waals surface area contributed by atoms with Crippen molar-refractivity contribution < 1.29 is 9.53 Å². The molecule has 2 aromatic carbocycles. The number of anilines is 1. The molecular weight excluding hydrogens is 386 g/mol. The van der Waals surface area contributed by atoms with Crippen molar-refractivity contribution in [1.29, 1.82) is 0 Å². The third-order valence-electron chi connectivity index (χ3n) is 5.89. The Bertz CT molecular complexity index is 859. The molecule has 6 heteroatoms. The van der Waals surface area contributed by atoms with Gasteiger partial charge in [0, 0.05) is 31.2 Å². The van der Waals surface area contributed by atoms with Gasteiger partial charge in [0.25, 0.3) is 5.91 Å². The topological polar surface area (TPSA) is 44.8 Å². The molecule has 2 aromatic rings. The average Bonchev–Trinajstić information content (AvgIpc) is 3.19. The van der Waals surface area contributed by atoms with Crippen LogP contribution >= 0.6 is 11.6 Å². The molecule has 0 unspecified atom stereocenters. The van der Waals surface area contributed by atoms with Crippen LogP contribution in [-0.2, 0) is 6.42 Å². The number of hydrogen-bond acceptors (Lipinski definition) is 4. The number of nitrogens with one attached hydrogen (secondary N) is 1. The molecule has 0 aliphatic carbocycles. The molecule has 0 saturated carbocycles. The summed E-state index contributed by atoms with van der Waals surface area (Å²) in [5.41, 5.74) is 2.75. The summed E-state index contributed by atoms with van der Waals surface area (Å²) >= 11 is 6.27. The fraction of sp³-hybridized carbons (Fsp3) is 0.435. The number of fused-ring (bicyclic) bond motifs is 1. The molecule has 0 radical (unpaired) electrons. The van der Waals surface area contributed by atoms with E-state index in [0.717, 1.165) is 38.2 Å². The minimum absolute atomic E-state index is 0.117. The quantitative estimate of drug-likeness (QED) is 0.785. The summed E-state index contributed by atoms with van der Waals surface area (Å²) < 4.78 is 5.81. The minimum atomic E-state index is -0.117. The molecule has 2 heterocycles. The lowest BCUT2D eigenvalue weighted by atomic mass is 10.1. The highest BCUT2D eigenvalue weighted by molar-refractivity contribution is 6.31. The second-order valence-corrected chi connectivity index (χ2v) is 8.29. The Morgan fingerprint density at radius 2 is 2.07 bits per heavy atom. The van der Waals surface area contributed by atoms with Gasteiger partial charge in [0.2, 0.25) is 0 Å². The van der Waals surface area contributed by atoms with Crippen LogP contribution in [-0.4, -0.2) is 56.7 Å². The Kier molecular flexibility index (Phi) is 6.26. The van der Waals surface area contributed by atoms with Crippen molar-refractivity contribution in [2.24, 2.45) is 0 Å². The average molecular weight is 414 g/mol. The number of ether oxygens (including phenoxy) is 1. The minimum Gasteiger partial charge on any atom is -0.489 e. The van der Waals surface area contributed by atoms with Gasteiger partial charge in [0.05, 0.1) is 17.8 Å². The maximum absolute atomic E-state index is 12.9. The lowest BCUT2D eigenvalue weighted by Crippen LogP contribution is -2.41. The van der Waals surface area contributed by atoms with Crippen LogP contribution in [0.25, 0.3) is 0 Å². The number of hydrogen-bond donors (Lipinski definition) is 1. The summed E-state index contributed by atoms with van der Waals surface area (Å²) in [6, 6.07) is 14.5. The first-order chi connectivity index (χ1) is 14.1. The predicted molar refractivity (Wildman–Crippen MR) is 117 cm³/mol. The highest BCUT2D eigenvalue weighted by Gasteiger charge is 2.27. The largest absolute Gasteiger partial charge is 0.489 e. The van der Waals surface area contributed by atoms with Crippen LogP contribution in [0.4, 0.5) is 5.69 Å². The van der Waals surface area contributed by atoms with Gasteiger partial charge in [-0.25, -0.2) is 0 Å². The number of benzene rings is 2. The molecule has 5 nitrogen and oxygen atoms in total. The smallest absolute Gasteiger partial charge is 0.255 e.